The van der Waals surface area contributed by atoms with E-state index in [1.807, 2.05) is 0 Å². The molecular formula is C13H12F3N3O2. The van der Waals surface area contributed by atoms with Crippen LogP contribution in [0.1, 0.15) is 29.2 Å². The molecule has 0 aromatic carbocycles. The molecule has 0 aliphatic heterocycles. The Labute approximate surface area is 118 Å². The van der Waals surface area contributed by atoms with Crippen LogP contribution >= 0.6 is 0 Å². The number of aryl methyl sites for hydroxylation is 1. The molecule has 1 N–H and O–H groups in total. The number of nitrogens with zero attached hydrogens (tertiary/aromatic N) is 3. The average Bonchev–Trinajstić information content (AvgIpc) is 2.81. The highest BCUT2D eigenvalue weighted by Crippen LogP contribution is 2.31. The molecular weight excluding hydrogens is 287 g/mol. The van der Waals surface area contributed by atoms with E-state index in [-0.39, 0.29) is 6.42 Å². The first-order valence-electron chi connectivity index (χ1n) is 6.01. The quantitative estimate of drug-likeness (QED) is 0.941. The summed E-state index contributed by atoms with van der Waals surface area (Å²) in [6, 6.07) is 2.09. The number of aromatic nitrogens is 3. The highest BCUT2D eigenvalue weighted by Gasteiger charge is 2.32. The van der Waals surface area contributed by atoms with E-state index in [2.05, 4.69) is 10.1 Å². The van der Waals surface area contributed by atoms with Gasteiger partial charge in [-0.3, -0.25) is 14.5 Å². The van der Waals surface area contributed by atoms with Crippen molar-refractivity contribution in [2.75, 3.05) is 0 Å². The number of carboxylic acids is 1. The predicted molar refractivity (Wildman–Crippen MR) is 66.5 cm³/mol. The van der Waals surface area contributed by atoms with Gasteiger partial charge < -0.3 is 5.11 Å². The fourth-order valence-corrected chi connectivity index (χ4v) is 2.00. The first kappa shape index (κ1) is 15.0. The Kier molecular flexibility index (Phi) is 3.97. The summed E-state index contributed by atoms with van der Waals surface area (Å²) >= 11 is 0. The van der Waals surface area contributed by atoms with E-state index in [1.54, 1.807) is 13.2 Å². The standard InChI is InChI=1S/C13H12F3N3O2/c1-19-7-9(6-18-19)10(4-12(20)21)8-2-3-11(17-5-8)13(14,15)16/h2-3,5-7,10H,4H2,1H3,(H,20,21). The van der Waals surface area contributed by atoms with Crippen molar-refractivity contribution in [2.24, 2.45) is 7.05 Å². The van der Waals surface area contributed by atoms with Gasteiger partial charge in [-0.15, -0.1) is 0 Å². The minimum atomic E-state index is -4.52. The van der Waals surface area contributed by atoms with Crippen molar-refractivity contribution in [1.82, 2.24) is 14.8 Å². The molecule has 112 valence electrons. The largest absolute Gasteiger partial charge is 0.481 e. The van der Waals surface area contributed by atoms with E-state index in [9.17, 15) is 18.0 Å². The number of hydrogen-bond donors (Lipinski definition) is 1. The summed E-state index contributed by atoms with van der Waals surface area (Å²) < 4.78 is 39.0. The Morgan fingerprint density at radius 3 is 2.48 bits per heavy atom. The van der Waals surface area contributed by atoms with Gasteiger partial charge in [-0.25, -0.2) is 0 Å². The normalized spacial score (nSPS) is 13.1. The molecule has 0 spiro atoms. The maximum atomic E-state index is 12.5. The minimum absolute atomic E-state index is 0.251. The van der Waals surface area contributed by atoms with Gasteiger partial charge in [0.25, 0.3) is 0 Å². The molecule has 2 heterocycles. The molecule has 0 saturated heterocycles. The molecule has 1 unspecified atom stereocenters. The summed E-state index contributed by atoms with van der Waals surface area (Å²) in [5, 5.41) is 12.9. The third kappa shape index (κ3) is 3.59. The minimum Gasteiger partial charge on any atom is -0.481 e. The van der Waals surface area contributed by atoms with Crippen molar-refractivity contribution in [2.45, 2.75) is 18.5 Å². The summed E-state index contributed by atoms with van der Waals surface area (Å²) in [5.41, 5.74) is 0.00590. The van der Waals surface area contributed by atoms with Crippen LogP contribution in [-0.4, -0.2) is 25.8 Å². The summed E-state index contributed by atoms with van der Waals surface area (Å²) in [6.07, 6.45) is -0.589. The van der Waals surface area contributed by atoms with Crippen molar-refractivity contribution in [3.05, 3.63) is 47.5 Å². The van der Waals surface area contributed by atoms with Crippen LogP contribution in [0.15, 0.2) is 30.7 Å². The average molecular weight is 299 g/mol. The smallest absolute Gasteiger partial charge is 0.433 e. The van der Waals surface area contributed by atoms with Crippen LogP contribution in [0.3, 0.4) is 0 Å². The fourth-order valence-electron chi connectivity index (χ4n) is 2.00. The second-order valence-corrected chi connectivity index (χ2v) is 4.57. The topological polar surface area (TPSA) is 68.0 Å². The zero-order chi connectivity index (χ0) is 15.6. The molecule has 2 rings (SSSR count). The fraction of sp³-hybridized carbons (Fsp3) is 0.308. The van der Waals surface area contributed by atoms with Gasteiger partial charge in [0.05, 0.1) is 12.6 Å². The Bertz CT molecular complexity index is 635. The first-order valence-corrected chi connectivity index (χ1v) is 6.01. The van der Waals surface area contributed by atoms with E-state index in [0.29, 0.717) is 11.1 Å². The number of carbonyl (C=O) groups is 1. The third-order valence-electron chi connectivity index (χ3n) is 2.99. The third-order valence-corrected chi connectivity index (χ3v) is 2.99. The summed E-state index contributed by atoms with van der Waals surface area (Å²) in [4.78, 5) is 14.3. The van der Waals surface area contributed by atoms with Gasteiger partial charge in [-0.05, 0) is 17.2 Å². The number of aliphatic carboxylic acids is 1. The van der Waals surface area contributed by atoms with Crippen LogP contribution in [-0.2, 0) is 18.0 Å². The van der Waals surface area contributed by atoms with E-state index in [0.717, 1.165) is 12.3 Å². The number of hydrogen-bond acceptors (Lipinski definition) is 3. The van der Waals surface area contributed by atoms with Gasteiger partial charge in [0.15, 0.2) is 0 Å². The van der Waals surface area contributed by atoms with E-state index >= 15 is 0 Å². The lowest BCUT2D eigenvalue weighted by molar-refractivity contribution is -0.141. The lowest BCUT2D eigenvalue weighted by Crippen LogP contribution is -2.11. The van der Waals surface area contributed by atoms with Crippen LogP contribution in [0.2, 0.25) is 0 Å². The number of pyridine rings is 1. The summed E-state index contributed by atoms with van der Waals surface area (Å²) in [6.45, 7) is 0. The van der Waals surface area contributed by atoms with Crippen molar-refractivity contribution in [3.63, 3.8) is 0 Å². The van der Waals surface area contributed by atoms with Crippen LogP contribution in [0, 0.1) is 0 Å². The molecule has 2 aromatic heterocycles. The van der Waals surface area contributed by atoms with Gasteiger partial charge in [0, 0.05) is 25.4 Å². The highest BCUT2D eigenvalue weighted by atomic mass is 19.4. The molecule has 5 nitrogen and oxygen atoms in total. The summed E-state index contributed by atoms with van der Waals surface area (Å²) in [7, 11) is 1.67. The number of carboxylic acid groups (broad SMARTS) is 1. The van der Waals surface area contributed by atoms with Crippen LogP contribution in [0.25, 0.3) is 0 Å². The molecule has 2 aromatic rings. The van der Waals surface area contributed by atoms with Gasteiger partial charge in [0.2, 0.25) is 0 Å². The Morgan fingerprint density at radius 1 is 1.33 bits per heavy atom. The van der Waals surface area contributed by atoms with Crippen molar-refractivity contribution in [3.8, 4) is 0 Å². The maximum Gasteiger partial charge on any atom is 0.433 e. The second kappa shape index (κ2) is 5.55. The molecule has 1 atom stereocenters. The van der Waals surface area contributed by atoms with Gasteiger partial charge in [-0.1, -0.05) is 6.07 Å². The van der Waals surface area contributed by atoms with Crippen LogP contribution in [0.5, 0.6) is 0 Å². The van der Waals surface area contributed by atoms with E-state index in [1.165, 1.54) is 16.9 Å². The lowest BCUT2D eigenvalue weighted by Gasteiger charge is -2.14. The zero-order valence-electron chi connectivity index (χ0n) is 11.0. The zero-order valence-corrected chi connectivity index (χ0v) is 11.0. The van der Waals surface area contributed by atoms with E-state index < -0.39 is 23.8 Å². The SMILES string of the molecule is Cn1cc(C(CC(=O)O)c2ccc(C(F)(F)F)nc2)cn1. The van der Waals surface area contributed by atoms with Crippen molar-refractivity contribution >= 4 is 5.97 Å². The Morgan fingerprint density at radius 2 is 2.05 bits per heavy atom. The molecule has 0 aliphatic carbocycles. The molecule has 0 amide bonds. The van der Waals surface area contributed by atoms with Gasteiger partial charge >= 0.3 is 12.1 Å². The maximum absolute atomic E-state index is 12.5. The van der Waals surface area contributed by atoms with Crippen LogP contribution < -0.4 is 0 Å². The monoisotopic (exact) mass is 299 g/mol. The van der Waals surface area contributed by atoms with Crippen molar-refractivity contribution < 1.29 is 23.1 Å². The predicted octanol–water partition coefficient (Wildman–Crippen LogP) is 2.44. The number of halogens is 3. The highest BCUT2D eigenvalue weighted by molar-refractivity contribution is 5.69. The van der Waals surface area contributed by atoms with Crippen LogP contribution in [0.4, 0.5) is 13.2 Å². The molecule has 0 saturated carbocycles. The number of rotatable bonds is 4. The van der Waals surface area contributed by atoms with Crippen molar-refractivity contribution in [1.29, 1.82) is 0 Å². The Hall–Kier alpha value is -2.38. The Balaban J connectivity index is 2.35. The molecule has 8 heteroatoms. The molecule has 0 radical (unpaired) electrons. The van der Waals surface area contributed by atoms with Gasteiger partial charge in [0.1, 0.15) is 5.69 Å². The molecule has 0 bridgehead atoms. The molecule has 0 fully saturated rings. The van der Waals surface area contributed by atoms with E-state index in [4.69, 9.17) is 5.11 Å². The number of alkyl halides is 3. The second-order valence-electron chi connectivity index (χ2n) is 4.57. The molecule has 0 aliphatic rings. The van der Waals surface area contributed by atoms with Gasteiger partial charge in [-0.2, -0.15) is 18.3 Å². The summed E-state index contributed by atoms with van der Waals surface area (Å²) in [5.74, 6) is -1.64. The lowest BCUT2D eigenvalue weighted by atomic mass is 9.91. The first-order chi connectivity index (χ1) is 9.77. The molecule has 21 heavy (non-hydrogen) atoms.